The van der Waals surface area contributed by atoms with Crippen molar-refractivity contribution in [3.05, 3.63) is 46.9 Å². The SMILES string of the molecule is Cc1cc(C(F)(F)F)c(C#N)c(N[C@H]2CCN(CCCOS(C)(=O)=O)c3c(F)cccc3N(C)C2=O)n1. The summed E-state index contributed by atoms with van der Waals surface area (Å²) in [6, 6.07) is 5.35. The number of para-hydroxylation sites is 1. The fraction of sp³-hybridized carbons (Fsp3) is 0.435. The van der Waals surface area contributed by atoms with Crippen LogP contribution in [0.15, 0.2) is 24.3 Å². The molecule has 1 N–H and O–H groups in total. The van der Waals surface area contributed by atoms with Gasteiger partial charge in [0.2, 0.25) is 5.91 Å². The number of halogens is 4. The maximum atomic E-state index is 14.9. The third kappa shape index (κ3) is 6.66. The largest absolute Gasteiger partial charge is 0.417 e. The Balaban J connectivity index is 1.96. The summed E-state index contributed by atoms with van der Waals surface area (Å²) in [5, 5.41) is 12.2. The van der Waals surface area contributed by atoms with E-state index in [0.29, 0.717) is 0 Å². The number of alkyl halides is 3. The molecule has 0 fully saturated rings. The van der Waals surface area contributed by atoms with Gasteiger partial charge in [0.15, 0.2) is 0 Å². The Bertz CT molecular complexity index is 1330. The molecule has 0 saturated carbocycles. The van der Waals surface area contributed by atoms with E-state index in [0.717, 1.165) is 12.3 Å². The monoisotopic (exact) mass is 543 g/mol. The number of hydrogen-bond acceptors (Lipinski definition) is 8. The van der Waals surface area contributed by atoms with Crippen molar-refractivity contribution in [2.24, 2.45) is 0 Å². The number of likely N-dealkylation sites (N-methyl/N-ethyl adjacent to an activating group) is 1. The standard InChI is InChI=1S/C23H25F4N5O4S/c1-14-12-16(23(25,26)27)15(13-28)21(29-14)30-18-8-10-32(9-5-11-36-37(3,34)35)20-17(24)6-4-7-19(20)31(2)22(18)33/h4,6-7,12,18H,5,8-11H2,1-3H3,(H,29,30)/t18-/m0/s1. The first-order valence-electron chi connectivity index (χ1n) is 11.1. The minimum Gasteiger partial charge on any atom is -0.367 e. The van der Waals surface area contributed by atoms with Crippen molar-refractivity contribution in [1.82, 2.24) is 4.98 Å². The summed E-state index contributed by atoms with van der Waals surface area (Å²) in [6.07, 6.45) is -3.67. The molecular formula is C23H25F4N5O4S. The molecule has 37 heavy (non-hydrogen) atoms. The summed E-state index contributed by atoms with van der Waals surface area (Å²) < 4.78 is 82.8. The van der Waals surface area contributed by atoms with Crippen LogP contribution in [0.25, 0.3) is 0 Å². The number of hydrogen-bond donors (Lipinski definition) is 1. The summed E-state index contributed by atoms with van der Waals surface area (Å²) >= 11 is 0. The Morgan fingerprint density at radius 3 is 2.65 bits per heavy atom. The molecule has 0 spiro atoms. The maximum absolute atomic E-state index is 14.9. The van der Waals surface area contributed by atoms with E-state index >= 15 is 0 Å². The number of aromatic nitrogens is 1. The molecule has 1 amide bonds. The Labute approximate surface area is 211 Å². The van der Waals surface area contributed by atoms with Crippen LogP contribution in [0.3, 0.4) is 0 Å². The number of carbonyl (C=O) groups is 1. The summed E-state index contributed by atoms with van der Waals surface area (Å²) in [5.41, 5.74) is -1.56. The molecule has 0 radical (unpaired) electrons. The highest BCUT2D eigenvalue weighted by Crippen LogP contribution is 2.37. The number of amides is 1. The van der Waals surface area contributed by atoms with Crippen molar-refractivity contribution in [2.45, 2.75) is 32.0 Å². The van der Waals surface area contributed by atoms with Gasteiger partial charge < -0.3 is 15.1 Å². The lowest BCUT2D eigenvalue weighted by Crippen LogP contribution is -2.46. The molecule has 1 aromatic heterocycles. The van der Waals surface area contributed by atoms with E-state index < -0.39 is 45.2 Å². The van der Waals surface area contributed by atoms with Crippen molar-refractivity contribution in [3.8, 4) is 6.07 Å². The van der Waals surface area contributed by atoms with Crippen LogP contribution in [0.1, 0.15) is 29.7 Å². The topological polar surface area (TPSA) is 116 Å². The molecule has 14 heteroatoms. The van der Waals surface area contributed by atoms with Gasteiger partial charge in [-0.2, -0.15) is 26.9 Å². The number of anilines is 3. The summed E-state index contributed by atoms with van der Waals surface area (Å²) in [4.78, 5) is 20.2. The average molecular weight is 544 g/mol. The lowest BCUT2D eigenvalue weighted by Gasteiger charge is -2.36. The van der Waals surface area contributed by atoms with E-state index in [1.165, 1.54) is 43.1 Å². The second kappa shape index (κ2) is 10.9. The number of nitrogens with zero attached hydrogens (tertiary/aromatic N) is 4. The quantitative estimate of drug-likeness (QED) is 0.321. The smallest absolute Gasteiger partial charge is 0.367 e. The van der Waals surface area contributed by atoms with Gasteiger partial charge in [-0.05, 0) is 38.0 Å². The van der Waals surface area contributed by atoms with Crippen LogP contribution in [-0.2, 0) is 25.3 Å². The molecular weight excluding hydrogens is 518 g/mol. The van der Waals surface area contributed by atoms with Crippen molar-refractivity contribution in [1.29, 1.82) is 5.26 Å². The van der Waals surface area contributed by atoms with Crippen LogP contribution in [0.2, 0.25) is 0 Å². The Hall–Kier alpha value is -3.44. The molecule has 1 aliphatic heterocycles. The Morgan fingerprint density at radius 2 is 2.03 bits per heavy atom. The summed E-state index contributed by atoms with van der Waals surface area (Å²) in [5.74, 6) is -1.54. The molecule has 2 aromatic rings. The molecule has 2 heterocycles. The van der Waals surface area contributed by atoms with Gasteiger partial charge >= 0.3 is 6.18 Å². The number of pyridine rings is 1. The molecule has 200 valence electrons. The normalized spacial score (nSPS) is 16.6. The average Bonchev–Trinajstić information content (AvgIpc) is 2.79. The number of aryl methyl sites for hydroxylation is 1. The first kappa shape index (κ1) is 28.1. The minimum atomic E-state index is -4.81. The van der Waals surface area contributed by atoms with Gasteiger partial charge in [-0.3, -0.25) is 8.98 Å². The zero-order chi connectivity index (χ0) is 27.5. The van der Waals surface area contributed by atoms with E-state index in [2.05, 4.69) is 10.3 Å². The molecule has 0 unspecified atom stereocenters. The molecule has 1 aromatic carbocycles. The molecule has 0 aliphatic carbocycles. The molecule has 3 rings (SSSR count). The first-order valence-corrected chi connectivity index (χ1v) is 13.0. The molecule has 9 nitrogen and oxygen atoms in total. The van der Waals surface area contributed by atoms with Gasteiger partial charge in [-0.15, -0.1) is 0 Å². The Kier molecular flexibility index (Phi) is 8.28. The van der Waals surface area contributed by atoms with Gasteiger partial charge in [0.1, 0.15) is 29.3 Å². The summed E-state index contributed by atoms with van der Waals surface area (Å²) in [7, 11) is -2.26. The molecule has 1 aliphatic rings. The highest BCUT2D eigenvalue weighted by molar-refractivity contribution is 7.85. The first-order chi connectivity index (χ1) is 17.2. The zero-order valence-electron chi connectivity index (χ0n) is 20.3. The Morgan fingerprint density at radius 1 is 1.32 bits per heavy atom. The third-order valence-corrected chi connectivity index (χ3v) is 6.30. The second-order valence-electron chi connectivity index (χ2n) is 8.50. The number of carbonyl (C=O) groups excluding carboxylic acids is 1. The predicted octanol–water partition coefficient (Wildman–Crippen LogP) is 3.44. The van der Waals surface area contributed by atoms with E-state index in [4.69, 9.17) is 4.18 Å². The van der Waals surface area contributed by atoms with Gasteiger partial charge in [0.25, 0.3) is 10.1 Å². The van der Waals surface area contributed by atoms with Crippen LogP contribution in [-0.4, -0.2) is 58.4 Å². The number of rotatable bonds is 7. The molecule has 0 saturated heterocycles. The fourth-order valence-electron chi connectivity index (χ4n) is 4.06. The number of benzene rings is 1. The lowest BCUT2D eigenvalue weighted by atomic mass is 10.0. The predicted molar refractivity (Wildman–Crippen MR) is 128 cm³/mol. The van der Waals surface area contributed by atoms with Crippen molar-refractivity contribution >= 4 is 33.2 Å². The maximum Gasteiger partial charge on any atom is 0.417 e. The van der Waals surface area contributed by atoms with Crippen LogP contribution >= 0.6 is 0 Å². The van der Waals surface area contributed by atoms with Crippen LogP contribution in [0.5, 0.6) is 0 Å². The van der Waals surface area contributed by atoms with Gasteiger partial charge in [-0.1, -0.05) is 6.07 Å². The van der Waals surface area contributed by atoms with Gasteiger partial charge in [0, 0.05) is 25.8 Å². The van der Waals surface area contributed by atoms with Crippen LogP contribution in [0, 0.1) is 24.1 Å². The van der Waals surface area contributed by atoms with E-state index in [-0.39, 0.29) is 55.4 Å². The van der Waals surface area contributed by atoms with Gasteiger partial charge in [-0.25, -0.2) is 9.37 Å². The number of fused-ring (bicyclic) bond motifs is 1. The van der Waals surface area contributed by atoms with E-state index in [9.17, 15) is 36.0 Å². The van der Waals surface area contributed by atoms with Crippen molar-refractivity contribution in [2.75, 3.05) is 48.1 Å². The zero-order valence-corrected chi connectivity index (χ0v) is 21.1. The highest BCUT2D eigenvalue weighted by Gasteiger charge is 2.37. The number of nitrogens with one attached hydrogen (secondary N) is 1. The minimum absolute atomic E-state index is 0.000363. The van der Waals surface area contributed by atoms with Crippen LogP contribution < -0.4 is 15.1 Å². The summed E-state index contributed by atoms with van der Waals surface area (Å²) in [6.45, 7) is 1.45. The second-order valence-corrected chi connectivity index (χ2v) is 10.1. The molecule has 1 atom stereocenters. The van der Waals surface area contributed by atoms with Crippen LogP contribution in [0.4, 0.5) is 34.8 Å². The van der Waals surface area contributed by atoms with E-state index in [1.807, 2.05) is 0 Å². The van der Waals surface area contributed by atoms with Gasteiger partial charge in [0.05, 0.1) is 29.8 Å². The van der Waals surface area contributed by atoms with E-state index in [1.54, 1.807) is 4.90 Å². The third-order valence-electron chi connectivity index (χ3n) is 5.70. The van der Waals surface area contributed by atoms with Crippen molar-refractivity contribution in [3.63, 3.8) is 0 Å². The number of nitriles is 1. The molecule has 0 bridgehead atoms. The fourth-order valence-corrected chi connectivity index (χ4v) is 4.48. The lowest BCUT2D eigenvalue weighted by molar-refractivity contribution is -0.137. The highest BCUT2D eigenvalue weighted by atomic mass is 32.2. The van der Waals surface area contributed by atoms with Crippen molar-refractivity contribution < 1.29 is 35.0 Å².